The standard InChI is InChI=1S/C11H13NO3/c13-11(14)10-9(6-7-12-10)15-8-4-2-1-3-5-8/h1-5,9-10,12H,6-7H2,(H,13,14)/t9-,10+/m0/s1. The van der Waals surface area contributed by atoms with Crippen LogP contribution in [-0.2, 0) is 4.79 Å². The van der Waals surface area contributed by atoms with E-state index >= 15 is 0 Å². The SMILES string of the molecule is O=C(O)[C@@H]1NCC[C@@H]1Oc1ccccc1. The minimum atomic E-state index is -0.853. The van der Waals surface area contributed by atoms with Crippen molar-refractivity contribution in [3.05, 3.63) is 30.3 Å². The largest absolute Gasteiger partial charge is 0.488 e. The second-order valence-corrected chi connectivity index (χ2v) is 3.53. The lowest BCUT2D eigenvalue weighted by molar-refractivity contribution is -0.140. The molecule has 0 aromatic heterocycles. The number of rotatable bonds is 3. The first-order chi connectivity index (χ1) is 7.27. The van der Waals surface area contributed by atoms with Crippen LogP contribution in [-0.4, -0.2) is 29.8 Å². The molecule has 0 bridgehead atoms. The van der Waals surface area contributed by atoms with E-state index in [1.807, 2.05) is 30.3 Å². The normalized spacial score (nSPS) is 25.1. The fourth-order valence-corrected chi connectivity index (χ4v) is 1.73. The first-order valence-corrected chi connectivity index (χ1v) is 4.95. The van der Waals surface area contributed by atoms with E-state index in [2.05, 4.69) is 5.32 Å². The second-order valence-electron chi connectivity index (χ2n) is 3.53. The van der Waals surface area contributed by atoms with Crippen molar-refractivity contribution in [3.63, 3.8) is 0 Å². The molecule has 0 radical (unpaired) electrons. The molecule has 2 atom stereocenters. The second kappa shape index (κ2) is 4.31. The molecular weight excluding hydrogens is 194 g/mol. The first-order valence-electron chi connectivity index (χ1n) is 4.95. The van der Waals surface area contributed by atoms with Gasteiger partial charge >= 0.3 is 5.97 Å². The van der Waals surface area contributed by atoms with E-state index in [9.17, 15) is 4.79 Å². The van der Waals surface area contributed by atoms with Crippen LogP contribution in [0.5, 0.6) is 5.75 Å². The van der Waals surface area contributed by atoms with Crippen molar-refractivity contribution < 1.29 is 14.6 Å². The van der Waals surface area contributed by atoms with Crippen molar-refractivity contribution in [2.24, 2.45) is 0 Å². The molecule has 1 heterocycles. The molecule has 1 saturated heterocycles. The van der Waals surface area contributed by atoms with Gasteiger partial charge in [-0.25, -0.2) is 0 Å². The molecule has 2 rings (SSSR count). The summed E-state index contributed by atoms with van der Waals surface area (Å²) in [4.78, 5) is 10.9. The van der Waals surface area contributed by atoms with Gasteiger partial charge in [0, 0.05) is 0 Å². The van der Waals surface area contributed by atoms with Crippen LogP contribution in [0.3, 0.4) is 0 Å². The molecule has 0 spiro atoms. The maximum absolute atomic E-state index is 10.9. The molecule has 1 aromatic carbocycles. The fraction of sp³-hybridized carbons (Fsp3) is 0.364. The van der Waals surface area contributed by atoms with Crippen LogP contribution in [0.2, 0.25) is 0 Å². The lowest BCUT2D eigenvalue weighted by atomic mass is 10.2. The number of ether oxygens (including phenoxy) is 1. The Morgan fingerprint density at radius 3 is 2.80 bits per heavy atom. The molecule has 1 aliphatic rings. The maximum Gasteiger partial charge on any atom is 0.324 e. The molecule has 1 aromatic rings. The van der Waals surface area contributed by atoms with Crippen LogP contribution in [0.1, 0.15) is 6.42 Å². The van der Waals surface area contributed by atoms with Crippen molar-refractivity contribution in [2.75, 3.05) is 6.54 Å². The third kappa shape index (κ3) is 2.27. The highest BCUT2D eigenvalue weighted by molar-refractivity contribution is 5.74. The minimum Gasteiger partial charge on any atom is -0.488 e. The number of para-hydroxylation sites is 1. The topological polar surface area (TPSA) is 58.6 Å². The zero-order valence-electron chi connectivity index (χ0n) is 8.22. The zero-order chi connectivity index (χ0) is 10.7. The van der Waals surface area contributed by atoms with E-state index in [1.54, 1.807) is 0 Å². The summed E-state index contributed by atoms with van der Waals surface area (Å²) < 4.78 is 5.61. The van der Waals surface area contributed by atoms with Gasteiger partial charge in [-0.05, 0) is 25.1 Å². The van der Waals surface area contributed by atoms with Crippen LogP contribution in [0.25, 0.3) is 0 Å². The number of aliphatic carboxylic acids is 1. The molecule has 15 heavy (non-hydrogen) atoms. The van der Waals surface area contributed by atoms with Crippen LogP contribution < -0.4 is 10.1 Å². The van der Waals surface area contributed by atoms with E-state index in [-0.39, 0.29) is 6.10 Å². The third-order valence-electron chi connectivity index (χ3n) is 2.46. The van der Waals surface area contributed by atoms with Crippen LogP contribution in [0.4, 0.5) is 0 Å². The maximum atomic E-state index is 10.9. The summed E-state index contributed by atoms with van der Waals surface area (Å²) in [6, 6.07) is 8.70. The number of carboxylic acids is 1. The molecule has 0 unspecified atom stereocenters. The van der Waals surface area contributed by atoms with Gasteiger partial charge in [0.1, 0.15) is 17.9 Å². The van der Waals surface area contributed by atoms with Gasteiger partial charge in [-0.3, -0.25) is 4.79 Å². The Bertz CT molecular complexity index is 339. The first kappa shape index (κ1) is 9.98. The number of carboxylic acid groups (broad SMARTS) is 1. The molecule has 1 aliphatic heterocycles. The summed E-state index contributed by atoms with van der Waals surface area (Å²) in [6.07, 6.45) is 0.455. The third-order valence-corrected chi connectivity index (χ3v) is 2.46. The quantitative estimate of drug-likeness (QED) is 0.772. The Hall–Kier alpha value is -1.55. The predicted octanol–water partition coefficient (Wildman–Crippen LogP) is 0.880. The van der Waals surface area contributed by atoms with E-state index in [0.717, 1.165) is 12.2 Å². The number of hydrogen-bond donors (Lipinski definition) is 2. The van der Waals surface area contributed by atoms with Gasteiger partial charge in [-0.1, -0.05) is 18.2 Å². The monoisotopic (exact) mass is 207 g/mol. The molecule has 0 amide bonds. The summed E-state index contributed by atoms with van der Waals surface area (Å²) in [7, 11) is 0. The average molecular weight is 207 g/mol. The van der Waals surface area contributed by atoms with Crippen molar-refractivity contribution in [1.29, 1.82) is 0 Å². The van der Waals surface area contributed by atoms with Crippen molar-refractivity contribution in [3.8, 4) is 5.75 Å². The molecule has 4 heteroatoms. The lowest BCUT2D eigenvalue weighted by Gasteiger charge is -2.17. The Kier molecular flexibility index (Phi) is 2.87. The summed E-state index contributed by atoms with van der Waals surface area (Å²) in [5.74, 6) is -0.133. The van der Waals surface area contributed by atoms with E-state index in [1.165, 1.54) is 0 Å². The van der Waals surface area contributed by atoms with Crippen molar-refractivity contribution in [1.82, 2.24) is 5.32 Å². The van der Waals surface area contributed by atoms with E-state index < -0.39 is 12.0 Å². The summed E-state index contributed by atoms with van der Waals surface area (Å²) >= 11 is 0. The number of hydrogen-bond acceptors (Lipinski definition) is 3. The van der Waals surface area contributed by atoms with Crippen LogP contribution in [0.15, 0.2) is 30.3 Å². The van der Waals surface area contributed by atoms with Gasteiger partial charge in [-0.15, -0.1) is 0 Å². The highest BCUT2D eigenvalue weighted by Crippen LogP contribution is 2.17. The van der Waals surface area contributed by atoms with Gasteiger partial charge < -0.3 is 15.2 Å². The van der Waals surface area contributed by atoms with Crippen molar-refractivity contribution >= 4 is 5.97 Å². The fourth-order valence-electron chi connectivity index (χ4n) is 1.73. The molecule has 80 valence electrons. The van der Waals surface area contributed by atoms with Gasteiger partial charge in [0.25, 0.3) is 0 Å². The van der Waals surface area contributed by atoms with Gasteiger partial charge in [0.2, 0.25) is 0 Å². The molecule has 4 nitrogen and oxygen atoms in total. The predicted molar refractivity (Wildman–Crippen MR) is 54.9 cm³/mol. The van der Waals surface area contributed by atoms with Gasteiger partial charge in [-0.2, -0.15) is 0 Å². The summed E-state index contributed by atoms with van der Waals surface area (Å²) in [6.45, 7) is 0.689. The van der Waals surface area contributed by atoms with Crippen LogP contribution in [0, 0.1) is 0 Å². The summed E-state index contributed by atoms with van der Waals surface area (Å²) in [5, 5.41) is 11.8. The Balaban J connectivity index is 2.03. The van der Waals surface area contributed by atoms with Crippen LogP contribution >= 0.6 is 0 Å². The zero-order valence-corrected chi connectivity index (χ0v) is 8.22. The number of carbonyl (C=O) groups is 1. The molecular formula is C11H13NO3. The molecule has 1 fully saturated rings. The van der Waals surface area contributed by atoms with Gasteiger partial charge in [0.15, 0.2) is 0 Å². The lowest BCUT2D eigenvalue weighted by Crippen LogP contribution is -2.41. The van der Waals surface area contributed by atoms with E-state index in [4.69, 9.17) is 9.84 Å². The molecule has 2 N–H and O–H groups in total. The van der Waals surface area contributed by atoms with Crippen molar-refractivity contribution in [2.45, 2.75) is 18.6 Å². The number of benzene rings is 1. The Labute approximate surface area is 87.9 Å². The Morgan fingerprint density at radius 1 is 1.40 bits per heavy atom. The smallest absolute Gasteiger partial charge is 0.324 e. The Morgan fingerprint density at radius 2 is 2.13 bits per heavy atom. The van der Waals surface area contributed by atoms with Gasteiger partial charge in [0.05, 0.1) is 0 Å². The number of nitrogens with one attached hydrogen (secondary N) is 1. The summed E-state index contributed by atoms with van der Waals surface area (Å²) in [5.41, 5.74) is 0. The molecule has 0 aliphatic carbocycles. The van der Waals surface area contributed by atoms with E-state index in [0.29, 0.717) is 6.54 Å². The highest BCUT2D eigenvalue weighted by Gasteiger charge is 2.34. The minimum absolute atomic E-state index is 0.273. The molecule has 0 saturated carbocycles. The average Bonchev–Trinajstić information content (AvgIpc) is 2.67. The highest BCUT2D eigenvalue weighted by atomic mass is 16.5.